The van der Waals surface area contributed by atoms with E-state index in [0.29, 0.717) is 0 Å². The zero-order valence-corrected chi connectivity index (χ0v) is 14.0. The number of nitrogens with zero attached hydrogens (tertiary/aromatic N) is 1. The van der Waals surface area contributed by atoms with Gasteiger partial charge in [0.15, 0.2) is 0 Å². The lowest BCUT2D eigenvalue weighted by Crippen LogP contribution is -2.41. The van der Waals surface area contributed by atoms with Crippen molar-refractivity contribution in [2.24, 2.45) is 11.8 Å². The van der Waals surface area contributed by atoms with Crippen molar-refractivity contribution in [3.63, 3.8) is 0 Å². The standard InChI is InChI=1S/C18H36N2/c1-15(2)14-19-12-6-8-16(3)20-13-7-11-18(20)17-9-4-5-10-17/h15-19H,4-14H2,1-3H3. The third kappa shape index (κ3) is 4.73. The topological polar surface area (TPSA) is 15.3 Å². The molecule has 2 atom stereocenters. The molecule has 0 aromatic carbocycles. The van der Waals surface area contributed by atoms with E-state index >= 15 is 0 Å². The normalized spacial score (nSPS) is 26.7. The maximum Gasteiger partial charge on any atom is 0.0127 e. The van der Waals surface area contributed by atoms with Crippen molar-refractivity contribution in [1.82, 2.24) is 10.2 Å². The van der Waals surface area contributed by atoms with Crippen LogP contribution in [0.4, 0.5) is 0 Å². The average molecular weight is 280 g/mol. The monoisotopic (exact) mass is 280 g/mol. The Hall–Kier alpha value is -0.0800. The fraction of sp³-hybridized carbons (Fsp3) is 1.00. The Morgan fingerprint density at radius 3 is 2.50 bits per heavy atom. The molecule has 2 nitrogen and oxygen atoms in total. The molecule has 0 radical (unpaired) electrons. The maximum absolute atomic E-state index is 3.58. The second-order valence-corrected chi connectivity index (χ2v) is 7.58. The third-order valence-corrected chi connectivity index (χ3v) is 5.38. The van der Waals surface area contributed by atoms with E-state index in [-0.39, 0.29) is 0 Å². The van der Waals surface area contributed by atoms with E-state index < -0.39 is 0 Å². The molecular weight excluding hydrogens is 244 g/mol. The molecule has 0 aromatic rings. The quantitative estimate of drug-likeness (QED) is 0.675. The van der Waals surface area contributed by atoms with E-state index in [9.17, 15) is 0 Å². The van der Waals surface area contributed by atoms with Gasteiger partial charge in [0.05, 0.1) is 0 Å². The van der Waals surface area contributed by atoms with E-state index in [1.807, 2.05) is 0 Å². The summed E-state index contributed by atoms with van der Waals surface area (Å²) in [6.07, 6.45) is 11.6. The Balaban J connectivity index is 1.66. The highest BCUT2D eigenvalue weighted by atomic mass is 15.2. The van der Waals surface area contributed by atoms with Crippen LogP contribution in [0.2, 0.25) is 0 Å². The van der Waals surface area contributed by atoms with Gasteiger partial charge in [-0.3, -0.25) is 4.90 Å². The second kappa shape index (κ2) is 8.38. The van der Waals surface area contributed by atoms with Crippen LogP contribution in [0.1, 0.15) is 72.1 Å². The van der Waals surface area contributed by atoms with Gasteiger partial charge in [-0.2, -0.15) is 0 Å². The molecule has 2 aliphatic rings. The average Bonchev–Trinajstić information content (AvgIpc) is 3.08. The fourth-order valence-electron chi connectivity index (χ4n) is 4.29. The molecule has 20 heavy (non-hydrogen) atoms. The number of hydrogen-bond acceptors (Lipinski definition) is 2. The summed E-state index contributed by atoms with van der Waals surface area (Å²) < 4.78 is 0. The van der Waals surface area contributed by atoms with Gasteiger partial charge in [0.25, 0.3) is 0 Å². The molecule has 0 spiro atoms. The fourth-order valence-corrected chi connectivity index (χ4v) is 4.29. The summed E-state index contributed by atoms with van der Waals surface area (Å²) in [5.74, 6) is 1.80. The van der Waals surface area contributed by atoms with Crippen LogP contribution in [0.15, 0.2) is 0 Å². The largest absolute Gasteiger partial charge is 0.316 e. The zero-order chi connectivity index (χ0) is 14.4. The zero-order valence-electron chi connectivity index (χ0n) is 14.0. The highest BCUT2D eigenvalue weighted by Gasteiger charge is 2.35. The van der Waals surface area contributed by atoms with Gasteiger partial charge in [-0.15, -0.1) is 0 Å². The van der Waals surface area contributed by atoms with Gasteiger partial charge >= 0.3 is 0 Å². The first-order valence-electron chi connectivity index (χ1n) is 9.15. The summed E-state index contributed by atoms with van der Waals surface area (Å²) >= 11 is 0. The highest BCUT2D eigenvalue weighted by molar-refractivity contribution is 4.89. The molecule has 1 aliphatic carbocycles. The molecule has 118 valence electrons. The summed E-state index contributed by atoms with van der Waals surface area (Å²) in [4.78, 5) is 2.86. The summed E-state index contributed by atoms with van der Waals surface area (Å²) in [5, 5.41) is 3.58. The molecule has 1 saturated carbocycles. The van der Waals surface area contributed by atoms with E-state index in [2.05, 4.69) is 31.0 Å². The van der Waals surface area contributed by atoms with Crippen molar-refractivity contribution in [1.29, 1.82) is 0 Å². The van der Waals surface area contributed by atoms with Crippen molar-refractivity contribution < 1.29 is 0 Å². The van der Waals surface area contributed by atoms with Crippen molar-refractivity contribution in [2.45, 2.75) is 84.2 Å². The first-order valence-corrected chi connectivity index (χ1v) is 9.15. The van der Waals surface area contributed by atoms with Crippen LogP contribution in [0.25, 0.3) is 0 Å². The van der Waals surface area contributed by atoms with E-state index in [4.69, 9.17) is 0 Å². The van der Waals surface area contributed by atoms with E-state index in [1.165, 1.54) is 71.0 Å². The van der Waals surface area contributed by atoms with Gasteiger partial charge in [0.1, 0.15) is 0 Å². The number of hydrogen-bond donors (Lipinski definition) is 1. The Morgan fingerprint density at radius 1 is 1.05 bits per heavy atom. The minimum absolute atomic E-state index is 0.776. The Labute approximate surface area is 126 Å². The summed E-state index contributed by atoms with van der Waals surface area (Å²) in [6.45, 7) is 10.8. The Bertz CT molecular complexity index is 258. The molecule has 0 amide bonds. The van der Waals surface area contributed by atoms with Crippen LogP contribution in [0.3, 0.4) is 0 Å². The number of rotatable bonds is 8. The molecule has 0 bridgehead atoms. The minimum Gasteiger partial charge on any atom is -0.316 e. The van der Waals surface area contributed by atoms with Crippen LogP contribution in [0.5, 0.6) is 0 Å². The Kier molecular flexibility index (Phi) is 6.83. The van der Waals surface area contributed by atoms with Crippen LogP contribution in [-0.2, 0) is 0 Å². The van der Waals surface area contributed by atoms with Crippen molar-refractivity contribution in [3.8, 4) is 0 Å². The van der Waals surface area contributed by atoms with Crippen molar-refractivity contribution >= 4 is 0 Å². The van der Waals surface area contributed by atoms with E-state index in [1.54, 1.807) is 0 Å². The summed E-state index contributed by atoms with van der Waals surface area (Å²) in [5.41, 5.74) is 0. The van der Waals surface area contributed by atoms with E-state index in [0.717, 1.165) is 23.9 Å². The summed E-state index contributed by atoms with van der Waals surface area (Å²) in [7, 11) is 0. The molecule has 1 heterocycles. The van der Waals surface area contributed by atoms with Crippen molar-refractivity contribution in [3.05, 3.63) is 0 Å². The van der Waals surface area contributed by atoms with Gasteiger partial charge in [0.2, 0.25) is 0 Å². The predicted molar refractivity (Wildman–Crippen MR) is 88.1 cm³/mol. The minimum atomic E-state index is 0.776. The highest BCUT2D eigenvalue weighted by Crippen LogP contribution is 2.36. The third-order valence-electron chi connectivity index (χ3n) is 5.38. The molecular formula is C18H36N2. The maximum atomic E-state index is 3.58. The molecule has 2 heteroatoms. The SMILES string of the molecule is CC(C)CNCCCC(C)N1CCCC1C1CCCC1. The van der Waals surface area contributed by atoms with Crippen LogP contribution in [0, 0.1) is 11.8 Å². The number of nitrogens with one attached hydrogen (secondary N) is 1. The first-order chi connectivity index (χ1) is 9.68. The van der Waals surface area contributed by atoms with Gasteiger partial charge < -0.3 is 5.32 Å². The lowest BCUT2D eigenvalue weighted by molar-refractivity contribution is 0.136. The van der Waals surface area contributed by atoms with Gasteiger partial charge in [-0.25, -0.2) is 0 Å². The predicted octanol–water partition coefficient (Wildman–Crippen LogP) is 4.06. The summed E-state index contributed by atoms with van der Waals surface area (Å²) in [6, 6.07) is 1.72. The van der Waals surface area contributed by atoms with Crippen LogP contribution in [-0.4, -0.2) is 36.6 Å². The van der Waals surface area contributed by atoms with Crippen molar-refractivity contribution in [2.75, 3.05) is 19.6 Å². The molecule has 2 rings (SSSR count). The van der Waals surface area contributed by atoms with Gasteiger partial charge in [0, 0.05) is 12.1 Å². The molecule has 2 fully saturated rings. The number of likely N-dealkylation sites (tertiary alicyclic amines) is 1. The molecule has 1 saturated heterocycles. The van der Waals surface area contributed by atoms with Crippen LogP contribution < -0.4 is 5.32 Å². The lowest BCUT2D eigenvalue weighted by Gasteiger charge is -2.34. The molecule has 1 N–H and O–H groups in total. The van der Waals surface area contributed by atoms with Crippen LogP contribution >= 0.6 is 0 Å². The van der Waals surface area contributed by atoms with Gasteiger partial charge in [-0.1, -0.05) is 26.7 Å². The first kappa shape index (κ1) is 16.3. The molecule has 1 aliphatic heterocycles. The second-order valence-electron chi connectivity index (χ2n) is 7.58. The smallest absolute Gasteiger partial charge is 0.0127 e. The molecule has 2 unspecified atom stereocenters. The van der Waals surface area contributed by atoms with Gasteiger partial charge in [-0.05, 0) is 76.9 Å². The molecule has 0 aromatic heterocycles. The lowest BCUT2D eigenvalue weighted by atomic mass is 9.95. The Morgan fingerprint density at radius 2 is 1.80 bits per heavy atom.